The summed E-state index contributed by atoms with van der Waals surface area (Å²) < 4.78 is 7.38. The first kappa shape index (κ1) is 16.8. The molecule has 5 heteroatoms. The molecular formula is C20H21N3O2. The molecule has 1 N–H and O–H groups in total. The zero-order chi connectivity index (χ0) is 17.6. The number of carbonyl (C=O) groups is 1. The molecule has 0 aliphatic carbocycles. The lowest BCUT2D eigenvalue weighted by Crippen LogP contribution is -2.32. The molecule has 25 heavy (non-hydrogen) atoms. The van der Waals surface area contributed by atoms with Gasteiger partial charge in [-0.25, -0.2) is 4.98 Å². The van der Waals surface area contributed by atoms with E-state index in [0.717, 1.165) is 22.7 Å². The lowest BCUT2D eigenvalue weighted by Gasteiger charge is -2.21. The number of nitrogens with one attached hydrogen (secondary N) is 1. The minimum absolute atomic E-state index is 0.0647. The zero-order valence-corrected chi connectivity index (χ0v) is 14.3. The first-order chi connectivity index (χ1) is 12.2. The monoisotopic (exact) mass is 335 g/mol. The Morgan fingerprint density at radius 2 is 1.88 bits per heavy atom. The lowest BCUT2D eigenvalue weighted by molar-refractivity contribution is -0.121. The molecule has 5 nitrogen and oxygen atoms in total. The van der Waals surface area contributed by atoms with E-state index in [-0.39, 0.29) is 11.9 Å². The standard InChI is InChI=1S/C20H21N3O2/c1-23-13-12-21-20(23)19(16-10-6-7-11-17(16)25-2)22-18(24)14-15-8-4-3-5-9-15/h3-13,19H,14H2,1-2H3,(H,22,24). The van der Waals surface area contributed by atoms with Gasteiger partial charge in [0.15, 0.2) is 0 Å². The van der Waals surface area contributed by atoms with Crippen LogP contribution in [-0.2, 0) is 18.3 Å². The van der Waals surface area contributed by atoms with Crippen molar-refractivity contribution < 1.29 is 9.53 Å². The summed E-state index contributed by atoms with van der Waals surface area (Å²) in [6.45, 7) is 0. The van der Waals surface area contributed by atoms with Crippen LogP contribution in [0.1, 0.15) is 23.0 Å². The van der Waals surface area contributed by atoms with E-state index in [1.54, 1.807) is 13.3 Å². The van der Waals surface area contributed by atoms with E-state index in [4.69, 9.17) is 4.74 Å². The summed E-state index contributed by atoms with van der Waals surface area (Å²) in [6, 6.07) is 17.0. The molecule has 3 aromatic rings. The van der Waals surface area contributed by atoms with Gasteiger partial charge in [0.1, 0.15) is 17.6 Å². The fourth-order valence-corrected chi connectivity index (χ4v) is 2.83. The molecule has 0 saturated carbocycles. The third kappa shape index (κ3) is 3.88. The predicted molar refractivity (Wildman–Crippen MR) is 96.3 cm³/mol. The van der Waals surface area contributed by atoms with Crippen molar-refractivity contribution in [3.63, 3.8) is 0 Å². The van der Waals surface area contributed by atoms with Gasteiger partial charge in [-0.1, -0.05) is 48.5 Å². The second kappa shape index (κ2) is 7.66. The second-order valence-corrected chi connectivity index (χ2v) is 5.80. The number of methoxy groups -OCH3 is 1. The molecule has 0 bridgehead atoms. The maximum absolute atomic E-state index is 12.6. The van der Waals surface area contributed by atoms with E-state index in [1.807, 2.05) is 72.4 Å². The molecule has 2 aromatic carbocycles. The predicted octanol–water partition coefficient (Wildman–Crippen LogP) is 2.88. The van der Waals surface area contributed by atoms with E-state index in [2.05, 4.69) is 10.3 Å². The van der Waals surface area contributed by atoms with Crippen molar-refractivity contribution in [2.24, 2.45) is 7.05 Å². The fraction of sp³-hybridized carbons (Fsp3) is 0.200. The van der Waals surface area contributed by atoms with Crippen molar-refractivity contribution in [1.82, 2.24) is 14.9 Å². The second-order valence-electron chi connectivity index (χ2n) is 5.80. The number of amides is 1. The van der Waals surface area contributed by atoms with Gasteiger partial charge in [0.2, 0.25) is 5.91 Å². The maximum atomic E-state index is 12.6. The number of carbonyl (C=O) groups excluding carboxylic acids is 1. The molecule has 1 heterocycles. The van der Waals surface area contributed by atoms with Gasteiger partial charge in [-0.2, -0.15) is 0 Å². The first-order valence-corrected chi connectivity index (χ1v) is 8.12. The molecule has 3 rings (SSSR count). The van der Waals surface area contributed by atoms with E-state index in [9.17, 15) is 4.79 Å². The van der Waals surface area contributed by atoms with Crippen LogP contribution in [-0.4, -0.2) is 22.6 Å². The third-order valence-corrected chi connectivity index (χ3v) is 4.08. The summed E-state index contributed by atoms with van der Waals surface area (Å²) in [5.41, 5.74) is 1.85. The highest BCUT2D eigenvalue weighted by molar-refractivity contribution is 5.79. The van der Waals surface area contributed by atoms with E-state index < -0.39 is 0 Å². The minimum atomic E-state index is -0.382. The lowest BCUT2D eigenvalue weighted by atomic mass is 10.0. The summed E-state index contributed by atoms with van der Waals surface area (Å²) in [5.74, 6) is 1.41. The van der Waals surface area contributed by atoms with Crippen molar-refractivity contribution in [3.05, 3.63) is 83.9 Å². The normalized spacial score (nSPS) is 11.8. The van der Waals surface area contributed by atoms with Gasteiger partial charge in [-0.3, -0.25) is 4.79 Å². The Morgan fingerprint density at radius 3 is 2.56 bits per heavy atom. The van der Waals surface area contributed by atoms with E-state index in [1.165, 1.54) is 0 Å². The Morgan fingerprint density at radius 1 is 1.16 bits per heavy atom. The van der Waals surface area contributed by atoms with E-state index in [0.29, 0.717) is 6.42 Å². The summed E-state index contributed by atoms with van der Waals surface area (Å²) in [5, 5.41) is 3.10. The number of hydrogen-bond acceptors (Lipinski definition) is 3. The SMILES string of the molecule is COc1ccccc1C(NC(=O)Cc1ccccc1)c1nccn1C. The van der Waals surface area contributed by atoms with Crippen molar-refractivity contribution in [1.29, 1.82) is 0 Å². The molecule has 1 unspecified atom stereocenters. The Bertz CT molecular complexity index is 843. The number of nitrogens with zero attached hydrogens (tertiary/aromatic N) is 2. The van der Waals surface area contributed by atoms with Crippen LogP contribution in [0, 0.1) is 0 Å². The molecule has 0 fully saturated rings. The summed E-state index contributed by atoms with van der Waals surface area (Å²) >= 11 is 0. The zero-order valence-electron chi connectivity index (χ0n) is 14.3. The Kier molecular flexibility index (Phi) is 5.14. The average Bonchev–Trinajstić information content (AvgIpc) is 3.06. The molecule has 1 aromatic heterocycles. The van der Waals surface area contributed by atoms with Crippen molar-refractivity contribution in [2.75, 3.05) is 7.11 Å². The topological polar surface area (TPSA) is 56.1 Å². The van der Waals surface area contributed by atoms with Crippen LogP contribution in [0.4, 0.5) is 0 Å². The molecule has 128 valence electrons. The van der Waals surface area contributed by atoms with Crippen LogP contribution in [0.15, 0.2) is 67.0 Å². The molecule has 0 spiro atoms. The van der Waals surface area contributed by atoms with Crippen LogP contribution in [0.25, 0.3) is 0 Å². The molecule has 1 atom stereocenters. The average molecular weight is 335 g/mol. The number of para-hydroxylation sites is 1. The summed E-state index contributed by atoms with van der Waals surface area (Å²) in [7, 11) is 3.54. The highest BCUT2D eigenvalue weighted by atomic mass is 16.5. The van der Waals surface area contributed by atoms with Gasteiger partial charge < -0.3 is 14.6 Å². The van der Waals surface area contributed by atoms with Crippen molar-refractivity contribution >= 4 is 5.91 Å². The molecule has 0 radical (unpaired) electrons. The highest BCUT2D eigenvalue weighted by Gasteiger charge is 2.23. The number of aromatic nitrogens is 2. The quantitative estimate of drug-likeness (QED) is 0.753. The Balaban J connectivity index is 1.90. The molecule has 0 saturated heterocycles. The van der Waals surface area contributed by atoms with Gasteiger partial charge in [0.25, 0.3) is 0 Å². The Labute approximate surface area is 147 Å². The number of benzene rings is 2. The maximum Gasteiger partial charge on any atom is 0.225 e. The van der Waals surface area contributed by atoms with Crippen LogP contribution >= 0.6 is 0 Å². The molecule has 0 aliphatic rings. The molecule has 0 aliphatic heterocycles. The highest BCUT2D eigenvalue weighted by Crippen LogP contribution is 2.29. The number of aryl methyl sites for hydroxylation is 1. The van der Waals surface area contributed by atoms with Crippen LogP contribution in [0.5, 0.6) is 5.75 Å². The number of hydrogen-bond donors (Lipinski definition) is 1. The minimum Gasteiger partial charge on any atom is -0.496 e. The van der Waals surface area contributed by atoms with Gasteiger partial charge in [0, 0.05) is 25.0 Å². The number of ether oxygens (including phenoxy) is 1. The van der Waals surface area contributed by atoms with Crippen LogP contribution in [0.3, 0.4) is 0 Å². The molecule has 1 amide bonds. The van der Waals surface area contributed by atoms with Gasteiger partial charge in [0.05, 0.1) is 13.5 Å². The van der Waals surface area contributed by atoms with Gasteiger partial charge in [-0.05, 0) is 11.6 Å². The van der Waals surface area contributed by atoms with Gasteiger partial charge in [-0.15, -0.1) is 0 Å². The van der Waals surface area contributed by atoms with Crippen molar-refractivity contribution in [2.45, 2.75) is 12.5 Å². The Hall–Kier alpha value is -3.08. The summed E-state index contributed by atoms with van der Waals surface area (Å²) in [6.07, 6.45) is 3.90. The summed E-state index contributed by atoms with van der Waals surface area (Å²) in [4.78, 5) is 17.0. The van der Waals surface area contributed by atoms with Crippen LogP contribution in [0.2, 0.25) is 0 Å². The largest absolute Gasteiger partial charge is 0.496 e. The fourth-order valence-electron chi connectivity index (χ4n) is 2.83. The number of imidazole rings is 1. The number of rotatable bonds is 6. The van der Waals surface area contributed by atoms with Crippen molar-refractivity contribution in [3.8, 4) is 5.75 Å². The van der Waals surface area contributed by atoms with E-state index >= 15 is 0 Å². The van der Waals surface area contributed by atoms with Gasteiger partial charge >= 0.3 is 0 Å². The smallest absolute Gasteiger partial charge is 0.225 e. The van der Waals surface area contributed by atoms with Crippen LogP contribution < -0.4 is 10.1 Å². The molecular weight excluding hydrogens is 314 g/mol. The third-order valence-electron chi connectivity index (χ3n) is 4.08. The first-order valence-electron chi connectivity index (χ1n) is 8.12.